The monoisotopic (exact) mass is 425 g/mol. The predicted octanol–water partition coefficient (Wildman–Crippen LogP) is 3.91. The zero-order valence-electron chi connectivity index (χ0n) is 18.8. The molecule has 0 radical (unpaired) electrons. The summed E-state index contributed by atoms with van der Waals surface area (Å²) in [6, 6.07) is 5.88. The number of rotatable bonds is 9. The van der Waals surface area contributed by atoms with E-state index in [9.17, 15) is 5.11 Å². The van der Waals surface area contributed by atoms with Crippen LogP contribution in [0.1, 0.15) is 43.0 Å². The largest absolute Gasteiger partial charge is 0.490 e. The maximum absolute atomic E-state index is 9.58. The highest BCUT2D eigenvalue weighted by atomic mass is 16.5. The van der Waals surface area contributed by atoms with Gasteiger partial charge in [0.05, 0.1) is 6.61 Å². The highest BCUT2D eigenvalue weighted by Gasteiger charge is 2.17. The maximum Gasteiger partial charge on any atom is 0.276 e. The van der Waals surface area contributed by atoms with Crippen LogP contribution >= 0.6 is 0 Å². The Morgan fingerprint density at radius 1 is 1.10 bits per heavy atom. The first-order valence-electron chi connectivity index (χ1n) is 10.7. The van der Waals surface area contributed by atoms with E-state index in [0.717, 1.165) is 35.1 Å². The molecule has 0 spiro atoms. The van der Waals surface area contributed by atoms with Crippen LogP contribution in [0.25, 0.3) is 23.0 Å². The van der Waals surface area contributed by atoms with E-state index in [1.165, 1.54) is 5.56 Å². The first kappa shape index (κ1) is 22.9. The van der Waals surface area contributed by atoms with E-state index in [0.29, 0.717) is 29.1 Å². The summed E-state index contributed by atoms with van der Waals surface area (Å²) in [6.45, 7) is 10.1. The zero-order chi connectivity index (χ0) is 22.5. The summed E-state index contributed by atoms with van der Waals surface area (Å²) in [6.07, 6.45) is 2.70. The Hall–Kier alpha value is -2.77. The van der Waals surface area contributed by atoms with Crippen molar-refractivity contribution in [1.29, 1.82) is 0 Å². The molecule has 0 aliphatic rings. The van der Waals surface area contributed by atoms with Crippen LogP contribution < -0.4 is 4.74 Å². The van der Waals surface area contributed by atoms with Gasteiger partial charge in [0.2, 0.25) is 5.82 Å². The molecule has 0 amide bonds. The second-order valence-electron chi connectivity index (χ2n) is 8.30. The molecule has 2 N–H and O–H groups in total. The van der Waals surface area contributed by atoms with Crippen molar-refractivity contribution in [2.24, 2.45) is 5.92 Å². The first-order chi connectivity index (χ1) is 14.8. The second kappa shape index (κ2) is 10.0. The molecular formula is C24H31N3O4. The molecule has 0 aliphatic heterocycles. The summed E-state index contributed by atoms with van der Waals surface area (Å²) >= 11 is 0. The third-order valence-electron chi connectivity index (χ3n) is 5.11. The Balaban J connectivity index is 1.87. The zero-order valence-corrected chi connectivity index (χ0v) is 18.8. The van der Waals surface area contributed by atoms with E-state index in [1.54, 1.807) is 0 Å². The van der Waals surface area contributed by atoms with E-state index in [2.05, 4.69) is 35.9 Å². The highest BCUT2D eigenvalue weighted by Crippen LogP contribution is 2.31. The molecule has 0 fully saturated rings. The van der Waals surface area contributed by atoms with Crippen molar-refractivity contribution < 1.29 is 19.5 Å². The quantitative estimate of drug-likeness (QED) is 0.536. The van der Waals surface area contributed by atoms with Crippen molar-refractivity contribution >= 4 is 0 Å². The van der Waals surface area contributed by atoms with Gasteiger partial charge in [-0.05, 0) is 73.1 Å². The van der Waals surface area contributed by atoms with Crippen molar-refractivity contribution in [2.45, 2.75) is 53.6 Å². The van der Waals surface area contributed by atoms with Crippen LogP contribution in [-0.4, -0.2) is 44.7 Å². The molecule has 3 aromatic rings. The molecule has 7 heteroatoms. The SMILES string of the molecule is CCc1cc(-c2noc(-c3cc(C)c(CC(C)C)cn3)n2)cc(C)c1OC[C@@H](O)CO. The third kappa shape index (κ3) is 5.48. The lowest BCUT2D eigenvalue weighted by Crippen LogP contribution is -2.22. The van der Waals surface area contributed by atoms with Gasteiger partial charge in [0.25, 0.3) is 5.89 Å². The van der Waals surface area contributed by atoms with Gasteiger partial charge >= 0.3 is 0 Å². The van der Waals surface area contributed by atoms with Crippen molar-refractivity contribution in [1.82, 2.24) is 15.1 Å². The highest BCUT2D eigenvalue weighted by molar-refractivity contribution is 5.63. The molecule has 1 atom stereocenters. The fraction of sp³-hybridized carbons (Fsp3) is 0.458. The van der Waals surface area contributed by atoms with Gasteiger partial charge in [-0.3, -0.25) is 4.98 Å². The second-order valence-corrected chi connectivity index (χ2v) is 8.30. The summed E-state index contributed by atoms with van der Waals surface area (Å²) in [4.78, 5) is 9.09. The number of aliphatic hydroxyl groups is 2. The molecule has 0 bridgehead atoms. The van der Waals surface area contributed by atoms with E-state index in [1.807, 2.05) is 38.2 Å². The van der Waals surface area contributed by atoms with Crippen molar-refractivity contribution in [3.05, 3.63) is 46.6 Å². The molecule has 1 aromatic carbocycles. The third-order valence-corrected chi connectivity index (χ3v) is 5.11. The molecule has 0 saturated heterocycles. The lowest BCUT2D eigenvalue weighted by molar-refractivity contribution is 0.0531. The van der Waals surface area contributed by atoms with Crippen molar-refractivity contribution in [2.75, 3.05) is 13.2 Å². The number of nitrogens with zero attached hydrogens (tertiary/aromatic N) is 3. The molecule has 0 saturated carbocycles. The number of ether oxygens (including phenoxy) is 1. The standard InChI is InChI=1S/C24H31N3O4/c1-6-17-10-18(8-16(5)22(17)30-13-20(29)12-28)23-26-24(31-27-23)21-9-15(4)19(11-25-21)7-14(2)3/h8-11,14,20,28-29H,6-7,12-13H2,1-5H3/t20-/m0/s1. The van der Waals surface area contributed by atoms with Crippen molar-refractivity contribution in [3.63, 3.8) is 0 Å². The molecule has 0 aliphatic carbocycles. The average Bonchev–Trinajstić information content (AvgIpc) is 3.23. The van der Waals surface area contributed by atoms with E-state index in [4.69, 9.17) is 14.4 Å². The molecular weight excluding hydrogens is 394 g/mol. The number of aromatic nitrogens is 3. The minimum Gasteiger partial charge on any atom is -0.490 e. The summed E-state index contributed by atoms with van der Waals surface area (Å²) < 4.78 is 11.2. The first-order valence-corrected chi connectivity index (χ1v) is 10.7. The van der Waals surface area contributed by atoms with Gasteiger partial charge in [-0.25, -0.2) is 0 Å². The average molecular weight is 426 g/mol. The van der Waals surface area contributed by atoms with Gasteiger partial charge in [0.1, 0.15) is 24.2 Å². The summed E-state index contributed by atoms with van der Waals surface area (Å²) in [5, 5.41) is 22.7. The van der Waals surface area contributed by atoms with Crippen molar-refractivity contribution in [3.8, 4) is 28.7 Å². The summed E-state index contributed by atoms with van der Waals surface area (Å²) in [5.41, 5.74) is 5.75. The van der Waals surface area contributed by atoms with E-state index < -0.39 is 6.10 Å². The molecule has 31 heavy (non-hydrogen) atoms. The summed E-state index contributed by atoms with van der Waals surface area (Å²) in [7, 11) is 0. The predicted molar refractivity (Wildman–Crippen MR) is 119 cm³/mol. The molecule has 2 heterocycles. The van der Waals surface area contributed by atoms with Crippen LogP contribution in [-0.2, 0) is 12.8 Å². The van der Waals surface area contributed by atoms with Crippen LogP contribution in [0.15, 0.2) is 28.9 Å². The number of hydrogen-bond acceptors (Lipinski definition) is 7. The van der Waals surface area contributed by atoms with Gasteiger partial charge in [0.15, 0.2) is 0 Å². The topological polar surface area (TPSA) is 102 Å². The number of aryl methyl sites for hydroxylation is 3. The Kier molecular flexibility index (Phi) is 7.41. The fourth-order valence-corrected chi connectivity index (χ4v) is 3.48. The van der Waals surface area contributed by atoms with Crippen LogP contribution in [0, 0.1) is 19.8 Å². The lowest BCUT2D eigenvalue weighted by atomic mass is 10.0. The van der Waals surface area contributed by atoms with E-state index >= 15 is 0 Å². The maximum atomic E-state index is 9.58. The van der Waals surface area contributed by atoms with Gasteiger partial charge < -0.3 is 19.5 Å². The summed E-state index contributed by atoms with van der Waals surface area (Å²) in [5.74, 6) is 2.15. The Morgan fingerprint density at radius 2 is 1.87 bits per heavy atom. The Labute approximate surface area is 183 Å². The smallest absolute Gasteiger partial charge is 0.276 e. The molecule has 0 unspecified atom stereocenters. The Morgan fingerprint density at radius 3 is 2.52 bits per heavy atom. The molecule has 7 nitrogen and oxygen atoms in total. The minimum absolute atomic E-state index is 0.0356. The lowest BCUT2D eigenvalue weighted by Gasteiger charge is -2.16. The molecule has 3 rings (SSSR count). The minimum atomic E-state index is -0.911. The normalized spacial score (nSPS) is 12.4. The molecule has 166 valence electrons. The van der Waals surface area contributed by atoms with Crippen LogP contribution in [0.4, 0.5) is 0 Å². The number of aliphatic hydroxyl groups excluding tert-OH is 2. The van der Waals surface area contributed by atoms with Gasteiger partial charge in [-0.15, -0.1) is 0 Å². The number of pyridine rings is 1. The van der Waals surface area contributed by atoms with Gasteiger partial charge in [-0.1, -0.05) is 25.9 Å². The van der Waals surface area contributed by atoms with Gasteiger partial charge in [0, 0.05) is 11.8 Å². The van der Waals surface area contributed by atoms with Crippen LogP contribution in [0.2, 0.25) is 0 Å². The van der Waals surface area contributed by atoms with E-state index in [-0.39, 0.29) is 13.2 Å². The van der Waals surface area contributed by atoms with Crippen LogP contribution in [0.5, 0.6) is 5.75 Å². The van der Waals surface area contributed by atoms with Crippen LogP contribution in [0.3, 0.4) is 0 Å². The number of hydrogen-bond donors (Lipinski definition) is 2. The number of benzene rings is 1. The fourth-order valence-electron chi connectivity index (χ4n) is 3.48. The Bertz CT molecular complexity index is 1030. The molecule has 2 aromatic heterocycles. The van der Waals surface area contributed by atoms with Gasteiger partial charge in [-0.2, -0.15) is 4.98 Å².